The molecule has 1 atom stereocenters. The molecule has 0 spiro atoms. The third-order valence-corrected chi connectivity index (χ3v) is 4.48. The van der Waals surface area contributed by atoms with Gasteiger partial charge in [-0.1, -0.05) is 18.9 Å². The third-order valence-electron chi connectivity index (χ3n) is 3.06. The van der Waals surface area contributed by atoms with Crippen LogP contribution in [0, 0.1) is 5.82 Å². The molecule has 0 amide bonds. The molecule has 88 valence electrons. The number of hydrogen-bond acceptors (Lipinski definition) is 2. The van der Waals surface area contributed by atoms with E-state index >= 15 is 0 Å². The maximum absolute atomic E-state index is 13.7. The van der Waals surface area contributed by atoms with E-state index in [0.717, 1.165) is 4.90 Å². The fourth-order valence-electron chi connectivity index (χ4n) is 2.25. The fourth-order valence-corrected chi connectivity index (χ4v) is 3.74. The van der Waals surface area contributed by atoms with Crippen molar-refractivity contribution in [2.75, 3.05) is 0 Å². The molecule has 1 aromatic rings. The molecule has 0 unspecified atom stereocenters. The molecule has 3 heteroatoms. The predicted octanol–water partition coefficient (Wildman–Crippen LogP) is 3.88. The van der Waals surface area contributed by atoms with Gasteiger partial charge in [-0.25, -0.2) is 4.39 Å². The second-order valence-electron chi connectivity index (χ2n) is 4.46. The molecule has 1 fully saturated rings. The van der Waals surface area contributed by atoms with Crippen molar-refractivity contribution in [1.82, 2.24) is 0 Å². The van der Waals surface area contributed by atoms with Crippen LogP contribution >= 0.6 is 11.8 Å². The summed E-state index contributed by atoms with van der Waals surface area (Å²) < 4.78 is 13.7. The van der Waals surface area contributed by atoms with Crippen molar-refractivity contribution >= 4 is 11.8 Å². The Labute approximate surface area is 101 Å². The van der Waals surface area contributed by atoms with Crippen molar-refractivity contribution in [1.29, 1.82) is 0 Å². The summed E-state index contributed by atoms with van der Waals surface area (Å²) in [6.45, 7) is 1.84. The Balaban J connectivity index is 2.21. The Kier molecular flexibility index (Phi) is 3.87. The highest BCUT2D eigenvalue weighted by Gasteiger charge is 2.20. The van der Waals surface area contributed by atoms with Crippen molar-refractivity contribution in [3.63, 3.8) is 0 Å². The largest absolute Gasteiger partial charge is 0.324 e. The van der Waals surface area contributed by atoms with Gasteiger partial charge in [0.15, 0.2) is 0 Å². The molecule has 0 aliphatic heterocycles. The number of hydrogen-bond donors (Lipinski definition) is 1. The van der Waals surface area contributed by atoms with Crippen molar-refractivity contribution in [2.24, 2.45) is 5.73 Å². The summed E-state index contributed by atoms with van der Waals surface area (Å²) in [6, 6.07) is 5.03. The molecule has 0 radical (unpaired) electrons. The Hall–Kier alpha value is -0.540. The molecule has 2 N–H and O–H groups in total. The van der Waals surface area contributed by atoms with E-state index in [1.54, 1.807) is 17.8 Å². The lowest BCUT2D eigenvalue weighted by atomic mass is 10.1. The Morgan fingerprint density at radius 1 is 1.38 bits per heavy atom. The zero-order chi connectivity index (χ0) is 11.5. The summed E-state index contributed by atoms with van der Waals surface area (Å²) in [5.41, 5.74) is 6.52. The first-order valence-corrected chi connectivity index (χ1v) is 6.77. The first kappa shape index (κ1) is 11.9. The standard InChI is InChI=1S/C13H18FNS/c1-9(15)13-11(14)7-4-8-12(13)16-10-5-2-3-6-10/h4,7-10H,2-3,5-6,15H2,1H3/t9-/m1/s1. The quantitative estimate of drug-likeness (QED) is 0.866. The van der Waals surface area contributed by atoms with Gasteiger partial charge in [0.05, 0.1) is 0 Å². The monoisotopic (exact) mass is 239 g/mol. The van der Waals surface area contributed by atoms with Crippen molar-refractivity contribution < 1.29 is 4.39 Å². The SMILES string of the molecule is C[C@@H](N)c1c(F)cccc1SC1CCCC1. The maximum atomic E-state index is 13.7. The first-order valence-electron chi connectivity index (χ1n) is 5.89. The van der Waals surface area contributed by atoms with Gasteiger partial charge in [-0.05, 0) is 31.9 Å². The topological polar surface area (TPSA) is 26.0 Å². The molecule has 2 rings (SSSR count). The lowest BCUT2D eigenvalue weighted by Crippen LogP contribution is -2.10. The molecule has 16 heavy (non-hydrogen) atoms. The van der Waals surface area contributed by atoms with Crippen LogP contribution in [0.4, 0.5) is 4.39 Å². The van der Waals surface area contributed by atoms with E-state index in [0.29, 0.717) is 10.8 Å². The lowest BCUT2D eigenvalue weighted by Gasteiger charge is -2.16. The molecule has 1 aliphatic rings. The van der Waals surface area contributed by atoms with E-state index in [1.165, 1.54) is 31.7 Å². The molecular formula is C13H18FNS. The smallest absolute Gasteiger partial charge is 0.129 e. The molecule has 0 bridgehead atoms. The zero-order valence-electron chi connectivity index (χ0n) is 9.58. The Morgan fingerprint density at radius 2 is 2.06 bits per heavy atom. The normalized spacial score (nSPS) is 18.9. The molecule has 0 aromatic heterocycles. The van der Waals surface area contributed by atoms with Crippen LogP contribution in [0.15, 0.2) is 23.1 Å². The fraction of sp³-hybridized carbons (Fsp3) is 0.538. The molecular weight excluding hydrogens is 221 g/mol. The first-order chi connectivity index (χ1) is 7.68. The maximum Gasteiger partial charge on any atom is 0.129 e. The predicted molar refractivity (Wildman–Crippen MR) is 67.1 cm³/mol. The van der Waals surface area contributed by atoms with Gasteiger partial charge in [0.1, 0.15) is 5.82 Å². The van der Waals surface area contributed by atoms with E-state index in [2.05, 4.69) is 0 Å². The van der Waals surface area contributed by atoms with Crippen molar-refractivity contribution in [3.8, 4) is 0 Å². The van der Waals surface area contributed by atoms with Crippen LogP contribution in [0.1, 0.15) is 44.2 Å². The van der Waals surface area contributed by atoms with Gasteiger partial charge >= 0.3 is 0 Å². The number of benzene rings is 1. The van der Waals surface area contributed by atoms with E-state index in [1.807, 2.05) is 13.0 Å². The van der Waals surface area contributed by atoms with E-state index in [9.17, 15) is 4.39 Å². The van der Waals surface area contributed by atoms with Gasteiger partial charge in [-0.3, -0.25) is 0 Å². The second kappa shape index (κ2) is 5.19. The summed E-state index contributed by atoms with van der Waals surface area (Å²) in [4.78, 5) is 1.03. The van der Waals surface area contributed by atoms with Gasteiger partial charge in [0.2, 0.25) is 0 Å². The van der Waals surface area contributed by atoms with Gasteiger partial charge in [0.25, 0.3) is 0 Å². The van der Waals surface area contributed by atoms with E-state index in [-0.39, 0.29) is 11.9 Å². The number of thioether (sulfide) groups is 1. The number of halogens is 1. The van der Waals surface area contributed by atoms with Crippen LogP contribution in [-0.4, -0.2) is 5.25 Å². The molecule has 0 heterocycles. The van der Waals surface area contributed by atoms with Crippen LogP contribution < -0.4 is 5.73 Å². The average molecular weight is 239 g/mol. The van der Waals surface area contributed by atoms with Crippen molar-refractivity contribution in [2.45, 2.75) is 48.8 Å². The van der Waals surface area contributed by atoms with E-state index in [4.69, 9.17) is 5.73 Å². The van der Waals surface area contributed by atoms with Gasteiger partial charge in [0, 0.05) is 21.8 Å². The van der Waals surface area contributed by atoms with Crippen LogP contribution in [0.2, 0.25) is 0 Å². The van der Waals surface area contributed by atoms with E-state index < -0.39 is 0 Å². The summed E-state index contributed by atoms with van der Waals surface area (Å²) in [6.07, 6.45) is 5.11. The minimum atomic E-state index is -0.231. The van der Waals surface area contributed by atoms with Gasteiger partial charge in [-0.15, -0.1) is 11.8 Å². The Morgan fingerprint density at radius 3 is 2.69 bits per heavy atom. The highest BCUT2D eigenvalue weighted by molar-refractivity contribution is 8.00. The van der Waals surface area contributed by atoms with Gasteiger partial charge < -0.3 is 5.73 Å². The summed E-state index contributed by atoms with van der Waals surface area (Å²) in [7, 11) is 0. The Bertz CT molecular complexity index is 359. The minimum Gasteiger partial charge on any atom is -0.324 e. The second-order valence-corrected chi connectivity index (χ2v) is 5.81. The third kappa shape index (κ3) is 2.58. The molecule has 1 aromatic carbocycles. The van der Waals surface area contributed by atoms with Crippen LogP contribution in [0.3, 0.4) is 0 Å². The lowest BCUT2D eigenvalue weighted by molar-refractivity contribution is 0.585. The zero-order valence-corrected chi connectivity index (χ0v) is 10.4. The summed E-state index contributed by atoms with van der Waals surface area (Å²) >= 11 is 1.80. The molecule has 1 aliphatic carbocycles. The van der Waals surface area contributed by atoms with Crippen LogP contribution in [0.5, 0.6) is 0 Å². The number of nitrogens with two attached hydrogens (primary N) is 1. The summed E-state index contributed by atoms with van der Waals surface area (Å²) in [5, 5.41) is 0.652. The molecule has 1 nitrogen and oxygen atoms in total. The van der Waals surface area contributed by atoms with Crippen LogP contribution in [0.25, 0.3) is 0 Å². The molecule has 0 saturated heterocycles. The molecule has 1 saturated carbocycles. The number of rotatable bonds is 3. The summed E-state index contributed by atoms with van der Waals surface area (Å²) in [5.74, 6) is -0.169. The van der Waals surface area contributed by atoms with Gasteiger partial charge in [-0.2, -0.15) is 0 Å². The highest BCUT2D eigenvalue weighted by Crippen LogP contribution is 2.38. The average Bonchev–Trinajstić information content (AvgIpc) is 2.70. The van der Waals surface area contributed by atoms with Crippen LogP contribution in [-0.2, 0) is 0 Å². The highest BCUT2D eigenvalue weighted by atomic mass is 32.2. The van der Waals surface area contributed by atoms with Crippen molar-refractivity contribution in [3.05, 3.63) is 29.6 Å². The minimum absolute atomic E-state index is 0.169.